The van der Waals surface area contributed by atoms with Crippen LogP contribution >= 0.6 is 0 Å². The van der Waals surface area contributed by atoms with Crippen molar-refractivity contribution in [3.8, 4) is 17.9 Å². The first-order valence-electron chi connectivity index (χ1n) is 4.31. The van der Waals surface area contributed by atoms with Gasteiger partial charge in [0.1, 0.15) is 12.1 Å². The zero-order valence-electron chi connectivity index (χ0n) is 7.69. The second-order valence-corrected chi connectivity index (χ2v) is 3.06. The van der Waals surface area contributed by atoms with Crippen LogP contribution in [0.1, 0.15) is 11.1 Å². The third-order valence-corrected chi connectivity index (χ3v) is 2.25. The van der Waals surface area contributed by atoms with Crippen LogP contribution < -0.4 is 0 Å². The summed E-state index contributed by atoms with van der Waals surface area (Å²) >= 11 is 0. The summed E-state index contributed by atoms with van der Waals surface area (Å²) in [6.07, 6.45) is 0. The predicted molar refractivity (Wildman–Crippen MR) is 53.5 cm³/mol. The van der Waals surface area contributed by atoms with Gasteiger partial charge in [-0.25, -0.2) is 0 Å². The Labute approximate surface area is 86.4 Å². The molecule has 2 aromatic rings. The van der Waals surface area contributed by atoms with Crippen molar-refractivity contribution in [1.82, 2.24) is 0 Å². The fourth-order valence-electron chi connectivity index (χ4n) is 1.54. The quantitative estimate of drug-likeness (QED) is 0.645. The molecule has 69 valence electrons. The molecule has 0 fully saturated rings. The van der Waals surface area contributed by atoms with Crippen LogP contribution in [0.3, 0.4) is 0 Å². The average Bonchev–Trinajstić information content (AvgIpc) is 2.28. The van der Waals surface area contributed by atoms with Crippen molar-refractivity contribution in [3.05, 3.63) is 41.5 Å². The number of nitriles is 2. The van der Waals surface area contributed by atoms with Gasteiger partial charge in [0.2, 0.25) is 0 Å². The van der Waals surface area contributed by atoms with Crippen LogP contribution in [-0.4, -0.2) is 0 Å². The molecule has 0 saturated carbocycles. The standard InChI is InChI=1S/C12H5N2O/c13-6-8-4-5-10-9(11(8)7-14)2-1-3-12(10)15/h1-5H. The predicted octanol–water partition coefficient (Wildman–Crippen LogP) is 2.73. The molecule has 0 N–H and O–H groups in total. The molecule has 3 nitrogen and oxygen atoms in total. The van der Waals surface area contributed by atoms with Gasteiger partial charge in [0.15, 0.2) is 5.75 Å². The molecule has 2 aromatic carbocycles. The Morgan fingerprint density at radius 3 is 2.40 bits per heavy atom. The lowest BCUT2D eigenvalue weighted by atomic mass is 10.00. The van der Waals surface area contributed by atoms with E-state index in [-0.39, 0.29) is 11.3 Å². The Kier molecular flexibility index (Phi) is 2.00. The van der Waals surface area contributed by atoms with E-state index in [9.17, 15) is 5.11 Å². The van der Waals surface area contributed by atoms with E-state index in [1.807, 2.05) is 12.1 Å². The Hall–Kier alpha value is -2.52. The first-order chi connectivity index (χ1) is 7.27. The van der Waals surface area contributed by atoms with Crippen LogP contribution in [0.4, 0.5) is 0 Å². The fraction of sp³-hybridized carbons (Fsp3) is 0. The molecule has 0 unspecified atom stereocenters. The normalized spacial score (nSPS) is 9.47. The summed E-state index contributed by atoms with van der Waals surface area (Å²) in [5.41, 5.74) is 0.573. The Balaban J connectivity index is 2.98. The van der Waals surface area contributed by atoms with E-state index in [0.717, 1.165) is 0 Å². The molecule has 0 aliphatic carbocycles. The summed E-state index contributed by atoms with van der Waals surface area (Å²) in [5.74, 6) is -0.131. The number of fused-ring (bicyclic) bond motifs is 1. The van der Waals surface area contributed by atoms with Crippen LogP contribution in [0.25, 0.3) is 10.8 Å². The highest BCUT2D eigenvalue weighted by atomic mass is 16.3. The molecule has 0 spiro atoms. The Morgan fingerprint density at radius 1 is 0.933 bits per heavy atom. The first kappa shape index (κ1) is 9.05. The molecular formula is C12H5N2O. The molecule has 0 saturated heterocycles. The largest absolute Gasteiger partial charge is 0.289 e. The molecule has 3 heteroatoms. The molecule has 0 bridgehead atoms. The third kappa shape index (κ3) is 1.27. The van der Waals surface area contributed by atoms with Gasteiger partial charge in [-0.15, -0.1) is 0 Å². The van der Waals surface area contributed by atoms with E-state index in [4.69, 9.17) is 10.5 Å². The maximum Gasteiger partial charge on any atom is 0.186 e. The van der Waals surface area contributed by atoms with Crippen LogP contribution in [0.15, 0.2) is 30.3 Å². The second kappa shape index (κ2) is 3.32. The SMILES string of the molecule is N#Cc1ccc2c([O])cccc2c1C#N. The number of nitrogens with zero attached hydrogens (tertiary/aromatic N) is 2. The smallest absolute Gasteiger partial charge is 0.186 e. The molecule has 15 heavy (non-hydrogen) atoms. The van der Waals surface area contributed by atoms with E-state index in [1.165, 1.54) is 12.1 Å². The van der Waals surface area contributed by atoms with Gasteiger partial charge in [-0.2, -0.15) is 10.5 Å². The van der Waals surface area contributed by atoms with Crippen LogP contribution in [0.5, 0.6) is 5.75 Å². The number of hydrogen-bond donors (Lipinski definition) is 0. The maximum atomic E-state index is 11.5. The van der Waals surface area contributed by atoms with Crippen molar-refractivity contribution in [2.24, 2.45) is 0 Å². The zero-order valence-corrected chi connectivity index (χ0v) is 7.69. The maximum absolute atomic E-state index is 11.5. The summed E-state index contributed by atoms with van der Waals surface area (Å²) in [6, 6.07) is 11.7. The second-order valence-electron chi connectivity index (χ2n) is 3.06. The molecule has 0 atom stereocenters. The highest BCUT2D eigenvalue weighted by Crippen LogP contribution is 2.28. The number of benzene rings is 2. The summed E-state index contributed by atoms with van der Waals surface area (Å²) in [5, 5.41) is 30.2. The lowest BCUT2D eigenvalue weighted by Crippen LogP contribution is -1.86. The molecule has 1 radical (unpaired) electrons. The van der Waals surface area contributed by atoms with Crippen molar-refractivity contribution in [1.29, 1.82) is 10.5 Å². The molecule has 0 aliphatic rings. The van der Waals surface area contributed by atoms with Gasteiger partial charge in [0.25, 0.3) is 0 Å². The molecule has 0 aromatic heterocycles. The van der Waals surface area contributed by atoms with E-state index in [1.54, 1.807) is 18.2 Å². The van der Waals surface area contributed by atoms with Crippen LogP contribution in [-0.2, 0) is 5.11 Å². The molecular weight excluding hydrogens is 188 g/mol. The minimum atomic E-state index is -0.131. The molecule has 0 heterocycles. The van der Waals surface area contributed by atoms with E-state index >= 15 is 0 Å². The summed E-state index contributed by atoms with van der Waals surface area (Å²) < 4.78 is 0. The monoisotopic (exact) mass is 193 g/mol. The molecule has 0 aliphatic heterocycles. The van der Waals surface area contributed by atoms with E-state index in [2.05, 4.69) is 0 Å². The molecule has 2 rings (SSSR count). The summed E-state index contributed by atoms with van der Waals surface area (Å²) in [7, 11) is 0. The van der Waals surface area contributed by atoms with E-state index < -0.39 is 0 Å². The zero-order chi connectivity index (χ0) is 10.8. The van der Waals surface area contributed by atoms with Gasteiger partial charge in [-0.1, -0.05) is 12.1 Å². The number of hydrogen-bond acceptors (Lipinski definition) is 2. The number of rotatable bonds is 0. The first-order valence-corrected chi connectivity index (χ1v) is 4.31. The highest BCUT2D eigenvalue weighted by molar-refractivity contribution is 5.93. The van der Waals surface area contributed by atoms with Gasteiger partial charge in [0, 0.05) is 10.8 Å². The Bertz CT molecular complexity index is 618. The van der Waals surface area contributed by atoms with Crippen molar-refractivity contribution < 1.29 is 5.11 Å². The van der Waals surface area contributed by atoms with Gasteiger partial charge in [-0.3, -0.25) is 5.11 Å². The van der Waals surface area contributed by atoms with Gasteiger partial charge in [0.05, 0.1) is 11.1 Å². The van der Waals surface area contributed by atoms with Crippen molar-refractivity contribution in [2.75, 3.05) is 0 Å². The van der Waals surface area contributed by atoms with Gasteiger partial charge >= 0.3 is 0 Å². The topological polar surface area (TPSA) is 67.5 Å². The van der Waals surface area contributed by atoms with Crippen molar-refractivity contribution >= 4 is 10.8 Å². The minimum absolute atomic E-state index is 0.131. The molecule has 0 amide bonds. The van der Waals surface area contributed by atoms with Crippen LogP contribution in [0.2, 0.25) is 0 Å². The van der Waals surface area contributed by atoms with Gasteiger partial charge < -0.3 is 0 Å². The van der Waals surface area contributed by atoms with E-state index in [0.29, 0.717) is 16.3 Å². The van der Waals surface area contributed by atoms with Crippen molar-refractivity contribution in [3.63, 3.8) is 0 Å². The summed E-state index contributed by atoms with van der Waals surface area (Å²) in [4.78, 5) is 0. The fourth-order valence-corrected chi connectivity index (χ4v) is 1.54. The van der Waals surface area contributed by atoms with Crippen LogP contribution in [0, 0.1) is 22.7 Å². The average molecular weight is 193 g/mol. The lowest BCUT2D eigenvalue weighted by molar-refractivity contribution is 0.360. The lowest BCUT2D eigenvalue weighted by Gasteiger charge is -2.01. The minimum Gasteiger partial charge on any atom is -0.289 e. The Morgan fingerprint density at radius 2 is 1.73 bits per heavy atom. The highest BCUT2D eigenvalue weighted by Gasteiger charge is 2.09. The van der Waals surface area contributed by atoms with Crippen molar-refractivity contribution in [2.45, 2.75) is 0 Å². The summed E-state index contributed by atoms with van der Waals surface area (Å²) in [6.45, 7) is 0. The third-order valence-electron chi connectivity index (χ3n) is 2.25. The van der Waals surface area contributed by atoms with Gasteiger partial charge in [-0.05, 0) is 18.2 Å².